The van der Waals surface area contributed by atoms with Crippen LogP contribution in [0.15, 0.2) is 36.7 Å². The topological polar surface area (TPSA) is 76.5 Å². The summed E-state index contributed by atoms with van der Waals surface area (Å²) in [4.78, 5) is 31.8. The van der Waals surface area contributed by atoms with Crippen molar-refractivity contribution >= 4 is 11.8 Å². The Bertz CT molecular complexity index is 962. The molecule has 7 nitrogen and oxygen atoms in total. The van der Waals surface area contributed by atoms with Crippen LogP contribution in [0.4, 0.5) is 0 Å². The molecule has 178 valence electrons. The average molecular weight is 453 g/mol. The minimum atomic E-state index is -0.532. The van der Waals surface area contributed by atoms with Crippen LogP contribution in [-0.4, -0.2) is 52.0 Å². The van der Waals surface area contributed by atoms with E-state index in [1.165, 1.54) is 5.56 Å². The number of hydrogen-bond donors (Lipinski definition) is 1. The van der Waals surface area contributed by atoms with Crippen molar-refractivity contribution in [3.63, 3.8) is 0 Å². The number of fused-ring (bicyclic) bond motifs is 1. The minimum Gasteiger partial charge on any atom is -0.481 e. The molecule has 1 atom stereocenters. The van der Waals surface area contributed by atoms with E-state index in [9.17, 15) is 9.59 Å². The van der Waals surface area contributed by atoms with E-state index >= 15 is 0 Å². The van der Waals surface area contributed by atoms with Crippen LogP contribution in [0, 0.1) is 12.3 Å². The van der Waals surface area contributed by atoms with Gasteiger partial charge in [0.15, 0.2) is 6.10 Å². The van der Waals surface area contributed by atoms with Gasteiger partial charge in [0.1, 0.15) is 11.6 Å². The van der Waals surface area contributed by atoms with Gasteiger partial charge in [0, 0.05) is 45.0 Å². The first-order valence-electron chi connectivity index (χ1n) is 12.2. The van der Waals surface area contributed by atoms with Crippen molar-refractivity contribution in [3.8, 4) is 5.75 Å². The van der Waals surface area contributed by atoms with Gasteiger partial charge < -0.3 is 19.5 Å². The van der Waals surface area contributed by atoms with Crippen molar-refractivity contribution in [2.45, 2.75) is 71.4 Å². The van der Waals surface area contributed by atoms with Crippen molar-refractivity contribution in [1.82, 2.24) is 19.8 Å². The molecule has 2 amide bonds. The van der Waals surface area contributed by atoms with Crippen LogP contribution in [0.1, 0.15) is 56.8 Å². The Labute approximate surface area is 196 Å². The van der Waals surface area contributed by atoms with Crippen LogP contribution in [-0.2, 0) is 22.6 Å². The number of amides is 2. The maximum absolute atomic E-state index is 12.8. The molecule has 33 heavy (non-hydrogen) atoms. The summed E-state index contributed by atoms with van der Waals surface area (Å²) in [6, 6.07) is 8.03. The first-order valence-corrected chi connectivity index (χ1v) is 12.2. The summed E-state index contributed by atoms with van der Waals surface area (Å²) in [6.07, 6.45) is 9.73. The molecule has 2 aliphatic rings. The van der Waals surface area contributed by atoms with Gasteiger partial charge >= 0.3 is 0 Å². The Morgan fingerprint density at radius 2 is 2.00 bits per heavy atom. The molecule has 1 N–H and O–H groups in total. The standard InChI is InChI=1S/C26H36N4O3/c1-20-25(32)28-19-26(11-6-5-8-22-7-3-4-9-23(22)33-20)12-16-30(17-13-26)24(31)10-15-29-18-14-27-21(29)2/h3-4,7,9,14,18,20H,5-6,8,10-13,15-17,19H2,1-2H3,(H,28,32)/t20-/m1/s1. The Morgan fingerprint density at radius 3 is 2.76 bits per heavy atom. The molecule has 0 aliphatic carbocycles. The first kappa shape index (κ1) is 23.3. The highest BCUT2D eigenvalue weighted by atomic mass is 16.5. The quantitative estimate of drug-likeness (QED) is 0.773. The molecule has 1 spiro atoms. The number of aromatic nitrogens is 2. The normalized spacial score (nSPS) is 21.3. The predicted molar refractivity (Wildman–Crippen MR) is 127 cm³/mol. The van der Waals surface area contributed by atoms with E-state index in [4.69, 9.17) is 4.74 Å². The summed E-state index contributed by atoms with van der Waals surface area (Å²) in [5, 5.41) is 3.16. The summed E-state index contributed by atoms with van der Waals surface area (Å²) >= 11 is 0. The molecule has 0 saturated carbocycles. The minimum absolute atomic E-state index is 0.0474. The van der Waals surface area contributed by atoms with Gasteiger partial charge in [0.25, 0.3) is 5.91 Å². The number of nitrogens with one attached hydrogen (secondary N) is 1. The molecule has 1 fully saturated rings. The fourth-order valence-corrected chi connectivity index (χ4v) is 5.06. The Kier molecular flexibility index (Phi) is 7.36. The fraction of sp³-hybridized carbons (Fsp3) is 0.577. The summed E-state index contributed by atoms with van der Waals surface area (Å²) in [5.41, 5.74) is 1.21. The van der Waals surface area contributed by atoms with Gasteiger partial charge in [-0.1, -0.05) is 24.6 Å². The van der Waals surface area contributed by atoms with Crippen LogP contribution < -0.4 is 10.1 Å². The lowest BCUT2D eigenvalue weighted by Crippen LogP contribution is -2.49. The molecule has 4 rings (SSSR count). The van der Waals surface area contributed by atoms with E-state index in [2.05, 4.69) is 16.4 Å². The zero-order chi connectivity index (χ0) is 23.3. The second-order valence-corrected chi connectivity index (χ2v) is 9.59. The smallest absolute Gasteiger partial charge is 0.260 e. The molecule has 0 radical (unpaired) electrons. The van der Waals surface area contributed by atoms with Crippen LogP contribution in [0.3, 0.4) is 0 Å². The number of piperidine rings is 1. The molecule has 2 aliphatic heterocycles. The lowest BCUT2D eigenvalue weighted by Gasteiger charge is -2.42. The lowest BCUT2D eigenvalue weighted by molar-refractivity contribution is -0.134. The second-order valence-electron chi connectivity index (χ2n) is 9.59. The number of nitrogens with zero attached hydrogens (tertiary/aromatic N) is 3. The van der Waals surface area contributed by atoms with E-state index in [0.717, 1.165) is 63.2 Å². The van der Waals surface area contributed by atoms with E-state index in [1.807, 2.05) is 47.7 Å². The monoisotopic (exact) mass is 452 g/mol. The molecule has 0 bridgehead atoms. The zero-order valence-electron chi connectivity index (χ0n) is 19.9. The van der Waals surface area contributed by atoms with Gasteiger partial charge in [0.2, 0.25) is 5.91 Å². The number of aryl methyl sites for hydroxylation is 3. The number of benzene rings is 1. The number of ether oxygens (including phenoxy) is 1. The average Bonchev–Trinajstić information content (AvgIpc) is 3.24. The molecule has 3 heterocycles. The van der Waals surface area contributed by atoms with E-state index < -0.39 is 6.10 Å². The zero-order valence-corrected chi connectivity index (χ0v) is 19.9. The predicted octanol–water partition coefficient (Wildman–Crippen LogP) is 3.50. The fourth-order valence-electron chi connectivity index (χ4n) is 5.06. The SMILES string of the molecule is Cc1nccn1CCC(=O)N1CCC2(CCCCc3ccccc3O[C@H](C)C(=O)NC2)CC1. The van der Waals surface area contributed by atoms with Crippen molar-refractivity contribution in [1.29, 1.82) is 0 Å². The van der Waals surface area contributed by atoms with Crippen LogP contribution >= 0.6 is 0 Å². The number of carbonyl (C=O) groups excluding carboxylic acids is 2. The van der Waals surface area contributed by atoms with Gasteiger partial charge in [-0.05, 0) is 63.0 Å². The number of likely N-dealkylation sites (tertiary alicyclic amines) is 1. The van der Waals surface area contributed by atoms with E-state index in [-0.39, 0.29) is 17.2 Å². The summed E-state index contributed by atoms with van der Waals surface area (Å²) in [7, 11) is 0. The highest BCUT2D eigenvalue weighted by Gasteiger charge is 2.36. The summed E-state index contributed by atoms with van der Waals surface area (Å²) in [6.45, 7) is 6.60. The summed E-state index contributed by atoms with van der Waals surface area (Å²) < 4.78 is 8.02. The largest absolute Gasteiger partial charge is 0.481 e. The third-order valence-corrected chi connectivity index (χ3v) is 7.35. The number of hydrogen-bond acceptors (Lipinski definition) is 4. The van der Waals surface area contributed by atoms with Gasteiger partial charge in [-0.2, -0.15) is 0 Å². The van der Waals surface area contributed by atoms with Crippen LogP contribution in [0.5, 0.6) is 5.75 Å². The summed E-state index contributed by atoms with van der Waals surface area (Å²) in [5.74, 6) is 1.88. The molecule has 1 aromatic carbocycles. The molecule has 1 aromatic heterocycles. The Morgan fingerprint density at radius 1 is 1.21 bits per heavy atom. The molecular weight excluding hydrogens is 416 g/mol. The lowest BCUT2D eigenvalue weighted by atomic mass is 9.74. The van der Waals surface area contributed by atoms with Gasteiger partial charge in [0.05, 0.1) is 0 Å². The molecule has 7 heteroatoms. The van der Waals surface area contributed by atoms with E-state index in [1.54, 1.807) is 6.20 Å². The molecule has 1 saturated heterocycles. The first-order chi connectivity index (χ1) is 16.0. The van der Waals surface area contributed by atoms with Crippen LogP contribution in [0.25, 0.3) is 0 Å². The maximum Gasteiger partial charge on any atom is 0.260 e. The third kappa shape index (κ3) is 5.75. The third-order valence-electron chi connectivity index (χ3n) is 7.35. The van der Waals surface area contributed by atoms with Gasteiger partial charge in [-0.25, -0.2) is 4.98 Å². The van der Waals surface area contributed by atoms with E-state index in [0.29, 0.717) is 19.5 Å². The Balaban J connectivity index is 1.35. The number of rotatable bonds is 3. The number of carbonyl (C=O) groups is 2. The molecule has 2 aromatic rings. The Hall–Kier alpha value is -2.83. The van der Waals surface area contributed by atoms with Crippen molar-refractivity contribution in [2.24, 2.45) is 5.41 Å². The molecule has 0 unspecified atom stereocenters. The highest BCUT2D eigenvalue weighted by molar-refractivity contribution is 5.80. The van der Waals surface area contributed by atoms with Crippen LogP contribution in [0.2, 0.25) is 0 Å². The van der Waals surface area contributed by atoms with Gasteiger partial charge in [-0.15, -0.1) is 0 Å². The maximum atomic E-state index is 12.8. The highest BCUT2D eigenvalue weighted by Crippen LogP contribution is 2.37. The number of imidazole rings is 1. The van der Waals surface area contributed by atoms with Crippen molar-refractivity contribution < 1.29 is 14.3 Å². The second kappa shape index (κ2) is 10.4. The van der Waals surface area contributed by atoms with Crippen molar-refractivity contribution in [3.05, 3.63) is 48.0 Å². The van der Waals surface area contributed by atoms with Gasteiger partial charge in [-0.3, -0.25) is 9.59 Å². The number of para-hydroxylation sites is 1. The molecular formula is C26H36N4O3. The van der Waals surface area contributed by atoms with Crippen molar-refractivity contribution in [2.75, 3.05) is 19.6 Å².